The van der Waals surface area contributed by atoms with Crippen LogP contribution in [0.15, 0.2) is 60.7 Å². The Morgan fingerprint density at radius 1 is 0.579 bits per heavy atom. The predicted octanol–water partition coefficient (Wildman–Crippen LogP) is 2.92. The van der Waals surface area contributed by atoms with Gasteiger partial charge in [-0.15, -0.1) is 0 Å². The topological polar surface area (TPSA) is 0 Å². The zero-order valence-electron chi connectivity index (χ0n) is 12.2. The van der Waals surface area contributed by atoms with Gasteiger partial charge in [-0.2, -0.15) is 0 Å². The van der Waals surface area contributed by atoms with Crippen LogP contribution in [0.25, 0.3) is 0 Å². The van der Waals surface area contributed by atoms with Crippen LogP contribution in [0, 0.1) is 0 Å². The van der Waals surface area contributed by atoms with Gasteiger partial charge in [0.05, 0.1) is 0 Å². The average Bonchev–Trinajstić information content (AvgIpc) is 2.40. The summed E-state index contributed by atoms with van der Waals surface area (Å²) in [7, 11) is 0. The van der Waals surface area contributed by atoms with Crippen molar-refractivity contribution in [2.45, 2.75) is 26.2 Å². The van der Waals surface area contributed by atoms with Gasteiger partial charge in [0.2, 0.25) is 0 Å². The third-order valence-corrected chi connectivity index (χ3v) is 41.2. The number of hydrogen-bond donors (Lipinski definition) is 0. The van der Waals surface area contributed by atoms with E-state index in [-0.39, 0.29) is 19.3 Å². The first-order valence-corrected chi connectivity index (χ1v) is 19.5. The molecule has 3 heteroatoms. The molecule has 0 heterocycles. The molecule has 0 amide bonds. The second-order valence-electron chi connectivity index (χ2n) is 5.85. The van der Waals surface area contributed by atoms with Crippen molar-refractivity contribution in [1.82, 2.24) is 0 Å². The summed E-state index contributed by atoms with van der Waals surface area (Å²) >= 11 is 0.0420. The van der Waals surface area contributed by atoms with Gasteiger partial charge in [0.1, 0.15) is 0 Å². The summed E-state index contributed by atoms with van der Waals surface area (Å²) in [6.07, 6.45) is 0. The van der Waals surface area contributed by atoms with Crippen LogP contribution in [0.3, 0.4) is 0 Å². The molecule has 0 saturated heterocycles. The van der Waals surface area contributed by atoms with Crippen molar-refractivity contribution >= 4 is 41.0 Å². The molecule has 0 N–H and O–H groups in total. The third-order valence-electron chi connectivity index (χ3n) is 3.45. The summed E-state index contributed by atoms with van der Waals surface area (Å²) in [6.45, 7) is 10.3. The standard InChI is InChI=1S/C16H22Si2Te/c1-17(2,15-11-7-5-8-12-15)19-18(3,4)16-13-9-6-10-14-16/h5-14H,1-4H3/q+1. The SMILES string of the molecule is C[Si](C)([Te+][Si](C)(C)c1ccccc1)c1ccccc1. The fourth-order valence-electron chi connectivity index (χ4n) is 2.43. The Bertz CT molecular complexity index is 471. The van der Waals surface area contributed by atoms with Crippen LogP contribution >= 0.6 is 0 Å². The van der Waals surface area contributed by atoms with E-state index in [0.717, 1.165) is 0 Å². The minimum atomic E-state index is -1.21. The second-order valence-corrected chi connectivity index (χ2v) is 36.6. The van der Waals surface area contributed by atoms with Crippen molar-refractivity contribution in [3.8, 4) is 0 Å². The Morgan fingerprint density at radius 3 is 1.21 bits per heavy atom. The summed E-state index contributed by atoms with van der Waals surface area (Å²) < 4.78 is 0. The van der Waals surface area contributed by atoms with E-state index < -0.39 is 11.2 Å². The quantitative estimate of drug-likeness (QED) is 0.696. The van der Waals surface area contributed by atoms with E-state index in [2.05, 4.69) is 86.9 Å². The van der Waals surface area contributed by atoms with Crippen molar-refractivity contribution in [3.05, 3.63) is 60.7 Å². The zero-order chi connectivity index (χ0) is 13.9. The van der Waals surface area contributed by atoms with E-state index >= 15 is 0 Å². The number of hydrogen-bond acceptors (Lipinski definition) is 0. The molecular formula is C16H22Si2Te+. The maximum atomic E-state index is 2.57. The molecular weight excluding hydrogens is 376 g/mol. The van der Waals surface area contributed by atoms with E-state index in [1.807, 2.05) is 0 Å². The van der Waals surface area contributed by atoms with Gasteiger partial charge in [0, 0.05) is 0 Å². The first-order chi connectivity index (χ1) is 8.92. The minimum absolute atomic E-state index is 0.0420. The molecule has 0 aliphatic carbocycles. The molecule has 0 aliphatic rings. The second kappa shape index (κ2) is 5.97. The predicted molar refractivity (Wildman–Crippen MR) is 92.9 cm³/mol. The molecule has 0 fully saturated rings. The monoisotopic (exact) mass is 400 g/mol. The molecule has 2 rings (SSSR count). The summed E-state index contributed by atoms with van der Waals surface area (Å²) in [5.74, 6) is 0. The van der Waals surface area contributed by atoms with Gasteiger partial charge < -0.3 is 0 Å². The van der Waals surface area contributed by atoms with Crippen LogP contribution in [0.1, 0.15) is 0 Å². The molecule has 99 valence electrons. The van der Waals surface area contributed by atoms with Gasteiger partial charge >= 0.3 is 128 Å². The van der Waals surface area contributed by atoms with Crippen molar-refractivity contribution in [2.24, 2.45) is 0 Å². The zero-order valence-corrected chi connectivity index (χ0v) is 16.5. The summed E-state index contributed by atoms with van der Waals surface area (Å²) in [5, 5.41) is 3.29. The van der Waals surface area contributed by atoms with Crippen molar-refractivity contribution in [1.29, 1.82) is 0 Å². The Balaban J connectivity index is 2.25. The molecule has 0 aliphatic heterocycles. The molecule has 2 aromatic rings. The Morgan fingerprint density at radius 2 is 0.895 bits per heavy atom. The normalized spacial score (nSPS) is 12.4. The first-order valence-electron chi connectivity index (χ1n) is 6.73. The Labute approximate surface area is 127 Å². The fraction of sp³-hybridized carbons (Fsp3) is 0.250. The van der Waals surface area contributed by atoms with Crippen LogP contribution in [0.4, 0.5) is 0 Å². The molecule has 0 saturated carbocycles. The fourth-order valence-corrected chi connectivity index (χ4v) is 51.6. The first kappa shape index (κ1) is 15.1. The molecule has 2 aromatic carbocycles. The number of rotatable bonds is 4. The summed E-state index contributed by atoms with van der Waals surface area (Å²) in [5.41, 5.74) is -2.41. The van der Waals surface area contributed by atoms with Gasteiger partial charge in [-0.25, -0.2) is 0 Å². The third kappa shape index (κ3) is 3.82. The summed E-state index contributed by atoms with van der Waals surface area (Å²) in [4.78, 5) is 0. The maximum absolute atomic E-state index is 2.57. The summed E-state index contributed by atoms with van der Waals surface area (Å²) in [6, 6.07) is 22.5. The van der Waals surface area contributed by atoms with Gasteiger partial charge in [-0.3, -0.25) is 0 Å². The molecule has 0 unspecified atom stereocenters. The molecule has 0 spiro atoms. The van der Waals surface area contributed by atoms with Crippen LogP contribution in [0.2, 0.25) is 26.2 Å². The molecule has 19 heavy (non-hydrogen) atoms. The molecule has 0 nitrogen and oxygen atoms in total. The molecule has 0 aromatic heterocycles. The molecule has 0 atom stereocenters. The van der Waals surface area contributed by atoms with Crippen LogP contribution in [-0.4, -0.2) is 30.6 Å². The van der Waals surface area contributed by atoms with Crippen LogP contribution in [-0.2, 0) is 0 Å². The van der Waals surface area contributed by atoms with E-state index in [0.29, 0.717) is 0 Å². The van der Waals surface area contributed by atoms with Crippen molar-refractivity contribution < 1.29 is 0 Å². The average molecular weight is 398 g/mol. The number of benzene rings is 2. The van der Waals surface area contributed by atoms with E-state index in [9.17, 15) is 0 Å². The van der Waals surface area contributed by atoms with Gasteiger partial charge in [0.15, 0.2) is 0 Å². The van der Waals surface area contributed by atoms with E-state index in [1.54, 1.807) is 10.4 Å². The van der Waals surface area contributed by atoms with Crippen molar-refractivity contribution in [3.63, 3.8) is 0 Å². The molecule has 1 radical (unpaired) electrons. The van der Waals surface area contributed by atoms with Crippen molar-refractivity contribution in [2.75, 3.05) is 0 Å². The van der Waals surface area contributed by atoms with Gasteiger partial charge in [-0.1, -0.05) is 0 Å². The van der Waals surface area contributed by atoms with Crippen LogP contribution in [0.5, 0.6) is 0 Å². The Hall–Kier alpha value is -0.337. The van der Waals surface area contributed by atoms with Gasteiger partial charge in [0.25, 0.3) is 0 Å². The van der Waals surface area contributed by atoms with Crippen LogP contribution < -0.4 is 10.4 Å². The Kier molecular flexibility index (Phi) is 4.73. The van der Waals surface area contributed by atoms with E-state index in [4.69, 9.17) is 0 Å². The van der Waals surface area contributed by atoms with E-state index in [1.165, 1.54) is 0 Å². The van der Waals surface area contributed by atoms with Gasteiger partial charge in [-0.05, 0) is 0 Å². The molecule has 0 bridgehead atoms.